The first-order chi connectivity index (χ1) is 16.2. The van der Waals surface area contributed by atoms with E-state index in [1.54, 1.807) is 31.2 Å². The molecule has 1 aromatic heterocycles. The molecule has 10 heteroatoms. The Hall–Kier alpha value is -3.71. The number of anilines is 1. The molecule has 2 heterocycles. The van der Waals surface area contributed by atoms with E-state index in [-0.39, 0.29) is 0 Å². The fourth-order valence-corrected chi connectivity index (χ4v) is 5.80. The minimum absolute atomic E-state index is 0.349. The van der Waals surface area contributed by atoms with Gasteiger partial charge in [-0.15, -0.1) is 11.3 Å². The summed E-state index contributed by atoms with van der Waals surface area (Å²) in [6.45, 7) is 3.19. The van der Waals surface area contributed by atoms with Gasteiger partial charge >= 0.3 is 12.0 Å². The molecule has 1 fully saturated rings. The summed E-state index contributed by atoms with van der Waals surface area (Å²) < 4.78 is 4.94. The van der Waals surface area contributed by atoms with Crippen molar-refractivity contribution in [2.75, 3.05) is 19.0 Å². The average Bonchev–Trinajstić information content (AvgIpc) is 3.27. The monoisotopic (exact) mass is 480 g/mol. The van der Waals surface area contributed by atoms with Crippen LogP contribution in [0.5, 0.6) is 0 Å². The van der Waals surface area contributed by atoms with Crippen molar-refractivity contribution in [3.63, 3.8) is 0 Å². The number of esters is 1. The topological polar surface area (TPSA) is 129 Å². The molecule has 1 aliphatic carbocycles. The lowest BCUT2D eigenvalue weighted by Crippen LogP contribution is -2.42. The second-order valence-electron chi connectivity index (χ2n) is 8.73. The van der Waals surface area contributed by atoms with Crippen LogP contribution in [0.1, 0.15) is 52.2 Å². The molecule has 1 saturated heterocycles. The van der Waals surface area contributed by atoms with Gasteiger partial charge in [0.05, 0.1) is 24.3 Å². The van der Waals surface area contributed by atoms with Crippen molar-refractivity contribution in [2.45, 2.75) is 38.6 Å². The van der Waals surface area contributed by atoms with Crippen LogP contribution in [0, 0.1) is 17.2 Å². The standard InChI is InChI=1S/C24H24N4O5S/c1-13-4-9-16-17(10-13)34-20(19(16)21(30)33-3)26-18(29)12-28-22(31)24(2,27-23(28)32)15-7-5-14(11-25)6-8-15/h5-8,13H,4,9-10,12H2,1-3H3,(H,26,29)(H,27,32). The first-order valence-corrected chi connectivity index (χ1v) is 11.7. The summed E-state index contributed by atoms with van der Waals surface area (Å²) in [6, 6.07) is 7.62. The zero-order valence-corrected chi connectivity index (χ0v) is 19.9. The van der Waals surface area contributed by atoms with Gasteiger partial charge in [0.2, 0.25) is 5.91 Å². The van der Waals surface area contributed by atoms with Crippen molar-refractivity contribution < 1.29 is 23.9 Å². The molecule has 4 amide bonds. The summed E-state index contributed by atoms with van der Waals surface area (Å²) in [5, 5.41) is 14.7. The Morgan fingerprint density at radius 3 is 2.68 bits per heavy atom. The predicted octanol–water partition coefficient (Wildman–Crippen LogP) is 2.94. The van der Waals surface area contributed by atoms with E-state index < -0.39 is 35.9 Å². The Balaban J connectivity index is 1.53. The fraction of sp³-hybridized carbons (Fsp3) is 0.375. The zero-order valence-electron chi connectivity index (χ0n) is 19.1. The summed E-state index contributed by atoms with van der Waals surface area (Å²) in [7, 11) is 1.29. The van der Waals surface area contributed by atoms with Crippen LogP contribution in [0.25, 0.3) is 0 Å². The number of amides is 4. The van der Waals surface area contributed by atoms with Gasteiger partial charge in [-0.05, 0) is 55.4 Å². The molecule has 2 unspecified atom stereocenters. The van der Waals surface area contributed by atoms with Crippen LogP contribution in [-0.4, -0.2) is 42.4 Å². The number of hydrogen-bond donors (Lipinski definition) is 2. The van der Waals surface area contributed by atoms with Crippen LogP contribution in [0.4, 0.5) is 9.80 Å². The number of nitrogens with one attached hydrogen (secondary N) is 2. The van der Waals surface area contributed by atoms with Gasteiger partial charge < -0.3 is 15.4 Å². The molecule has 2 aliphatic rings. The largest absolute Gasteiger partial charge is 0.465 e. The number of imide groups is 1. The van der Waals surface area contributed by atoms with E-state index >= 15 is 0 Å². The third kappa shape index (κ3) is 4.03. The van der Waals surface area contributed by atoms with Crippen LogP contribution < -0.4 is 10.6 Å². The SMILES string of the molecule is COC(=O)c1c(NC(=O)CN2C(=O)NC(C)(c3ccc(C#N)cc3)C2=O)sc2c1CCC(C)C2. The summed E-state index contributed by atoms with van der Waals surface area (Å²) in [6.07, 6.45) is 2.48. The van der Waals surface area contributed by atoms with Gasteiger partial charge in [-0.25, -0.2) is 9.59 Å². The Bertz CT molecular complexity index is 1230. The third-order valence-corrected chi connectivity index (χ3v) is 7.49. The van der Waals surface area contributed by atoms with Gasteiger partial charge in [0.1, 0.15) is 17.1 Å². The van der Waals surface area contributed by atoms with E-state index in [4.69, 9.17) is 10.00 Å². The minimum Gasteiger partial charge on any atom is -0.465 e. The number of nitriles is 1. The van der Waals surface area contributed by atoms with E-state index in [2.05, 4.69) is 17.6 Å². The Kier molecular flexibility index (Phi) is 6.15. The first kappa shape index (κ1) is 23.4. The lowest BCUT2D eigenvalue weighted by Gasteiger charge is -2.22. The molecule has 1 aromatic carbocycles. The number of carbonyl (C=O) groups excluding carboxylic acids is 4. The van der Waals surface area contributed by atoms with Crippen LogP contribution in [-0.2, 0) is 32.7 Å². The van der Waals surface area contributed by atoms with E-state index in [0.717, 1.165) is 34.6 Å². The Labute approximate surface area is 200 Å². The number of hydrogen-bond acceptors (Lipinski definition) is 7. The average molecular weight is 481 g/mol. The Morgan fingerprint density at radius 1 is 1.32 bits per heavy atom. The highest BCUT2D eigenvalue weighted by Crippen LogP contribution is 2.40. The maximum Gasteiger partial charge on any atom is 0.341 e. The van der Waals surface area contributed by atoms with Gasteiger partial charge in [0.15, 0.2) is 0 Å². The number of methoxy groups -OCH3 is 1. The highest BCUT2D eigenvalue weighted by atomic mass is 32.1. The highest BCUT2D eigenvalue weighted by Gasteiger charge is 2.49. The summed E-state index contributed by atoms with van der Waals surface area (Å²) in [4.78, 5) is 52.9. The molecule has 0 saturated carbocycles. The molecule has 2 N–H and O–H groups in total. The molecule has 2 aromatic rings. The Morgan fingerprint density at radius 2 is 2.03 bits per heavy atom. The normalized spacial score (nSPS) is 21.5. The lowest BCUT2D eigenvalue weighted by molar-refractivity contribution is -0.133. The maximum absolute atomic E-state index is 13.1. The number of carbonyl (C=O) groups is 4. The number of ether oxygens (including phenoxy) is 1. The van der Waals surface area contributed by atoms with Crippen molar-refractivity contribution >= 4 is 40.2 Å². The van der Waals surface area contributed by atoms with E-state index in [9.17, 15) is 19.2 Å². The molecule has 1 aliphatic heterocycles. The summed E-state index contributed by atoms with van der Waals surface area (Å²) in [5.41, 5.74) is 0.812. The van der Waals surface area contributed by atoms with E-state index in [0.29, 0.717) is 27.6 Å². The maximum atomic E-state index is 13.1. The second-order valence-corrected chi connectivity index (χ2v) is 9.84. The van der Waals surface area contributed by atoms with Gasteiger partial charge in [0, 0.05) is 4.88 Å². The van der Waals surface area contributed by atoms with Crippen LogP contribution in [0.2, 0.25) is 0 Å². The van der Waals surface area contributed by atoms with Crippen LogP contribution in [0.15, 0.2) is 24.3 Å². The van der Waals surface area contributed by atoms with Gasteiger partial charge in [-0.3, -0.25) is 14.5 Å². The quantitative estimate of drug-likeness (QED) is 0.500. The summed E-state index contributed by atoms with van der Waals surface area (Å²) in [5.74, 6) is -1.22. The van der Waals surface area contributed by atoms with Crippen molar-refractivity contribution in [1.82, 2.24) is 10.2 Å². The number of thiophene rings is 1. The van der Waals surface area contributed by atoms with Crippen LogP contribution in [0.3, 0.4) is 0 Å². The molecule has 0 bridgehead atoms. The van der Waals surface area contributed by atoms with Crippen molar-refractivity contribution in [1.29, 1.82) is 5.26 Å². The smallest absolute Gasteiger partial charge is 0.341 e. The van der Waals surface area contributed by atoms with Gasteiger partial charge in [0.25, 0.3) is 5.91 Å². The number of nitrogens with zero attached hydrogens (tertiary/aromatic N) is 2. The van der Waals surface area contributed by atoms with Crippen molar-refractivity contribution in [3.8, 4) is 6.07 Å². The lowest BCUT2D eigenvalue weighted by atomic mass is 9.88. The molecule has 4 rings (SSSR count). The molecule has 0 radical (unpaired) electrons. The van der Waals surface area contributed by atoms with Crippen molar-refractivity contribution in [3.05, 3.63) is 51.4 Å². The molecular formula is C24H24N4O5S. The predicted molar refractivity (Wildman–Crippen MR) is 124 cm³/mol. The van der Waals surface area contributed by atoms with Gasteiger partial charge in [-0.1, -0.05) is 19.1 Å². The first-order valence-electron chi connectivity index (χ1n) is 10.9. The van der Waals surface area contributed by atoms with E-state index in [1.165, 1.54) is 18.4 Å². The zero-order chi connectivity index (χ0) is 24.6. The van der Waals surface area contributed by atoms with Crippen molar-refractivity contribution in [2.24, 2.45) is 5.92 Å². The van der Waals surface area contributed by atoms with E-state index in [1.807, 2.05) is 6.07 Å². The second kappa shape index (κ2) is 8.91. The van der Waals surface area contributed by atoms with Crippen LogP contribution >= 0.6 is 11.3 Å². The number of rotatable bonds is 5. The minimum atomic E-state index is -1.36. The third-order valence-electron chi connectivity index (χ3n) is 6.32. The number of fused-ring (bicyclic) bond motifs is 1. The molecule has 9 nitrogen and oxygen atoms in total. The molecular weight excluding hydrogens is 456 g/mol. The molecule has 176 valence electrons. The van der Waals surface area contributed by atoms with Gasteiger partial charge in [-0.2, -0.15) is 5.26 Å². The number of benzene rings is 1. The molecule has 2 atom stereocenters. The molecule has 34 heavy (non-hydrogen) atoms. The highest BCUT2D eigenvalue weighted by molar-refractivity contribution is 7.17. The molecule has 0 spiro atoms. The summed E-state index contributed by atoms with van der Waals surface area (Å²) >= 11 is 1.33. The number of urea groups is 1. The fourth-order valence-electron chi connectivity index (χ4n) is 4.38.